The first kappa shape index (κ1) is 30.4. The molecule has 1 aliphatic carbocycles. The maximum Gasteiger partial charge on any atom is 0.304 e. The Labute approximate surface area is 258 Å². The van der Waals surface area contributed by atoms with E-state index in [9.17, 15) is 22.9 Å². The molecule has 0 amide bonds. The number of rotatable bonds is 10. The lowest BCUT2D eigenvalue weighted by Crippen LogP contribution is -2.38. The van der Waals surface area contributed by atoms with Gasteiger partial charge in [0, 0.05) is 49.9 Å². The Morgan fingerprint density at radius 3 is 2.73 bits per heavy atom. The van der Waals surface area contributed by atoms with E-state index < -0.39 is 35.7 Å². The van der Waals surface area contributed by atoms with Crippen LogP contribution in [0.3, 0.4) is 0 Å². The molecule has 1 saturated heterocycles. The second-order valence-corrected chi connectivity index (χ2v) is 13.6. The third-order valence-electron chi connectivity index (χ3n) is 9.09. The van der Waals surface area contributed by atoms with Crippen molar-refractivity contribution in [2.45, 2.75) is 68.9 Å². The van der Waals surface area contributed by atoms with Gasteiger partial charge in [0.25, 0.3) is 6.43 Å². The smallest absolute Gasteiger partial charge is 0.304 e. The zero-order valence-corrected chi connectivity index (χ0v) is 25.5. The standard InChI is InChI=1S/C32H38F2N6O3S/c1-19-6-9-21(14-22(19)17-38-18-23-4-3-13-39(23)32-27(44(38)43)5-2-12-37-32)25(15-28(41)42)24-10-11-26(30(35)29(24)31(33)34)40(36)16-20-7-8-20/h2,5-6,9-12,14,20,23,25,31H,3-4,7-8,13,15-18,35-36H2,1H3,(H,41,42)/t23-,25?,44?/m1/s1. The summed E-state index contributed by atoms with van der Waals surface area (Å²) in [5, 5.41) is 11.3. The number of benzene rings is 2. The highest BCUT2D eigenvalue weighted by Crippen LogP contribution is 2.43. The first-order chi connectivity index (χ1) is 21.1. The van der Waals surface area contributed by atoms with E-state index in [4.69, 9.17) is 11.6 Å². The number of alkyl halides is 2. The maximum atomic E-state index is 14.6. The monoisotopic (exact) mass is 624 g/mol. The van der Waals surface area contributed by atoms with Crippen molar-refractivity contribution in [3.8, 4) is 0 Å². The van der Waals surface area contributed by atoms with E-state index in [1.165, 1.54) is 11.1 Å². The van der Waals surface area contributed by atoms with Crippen molar-refractivity contribution in [3.05, 3.63) is 76.5 Å². The fourth-order valence-electron chi connectivity index (χ4n) is 6.57. The number of nitrogens with two attached hydrogens (primary N) is 2. The zero-order chi connectivity index (χ0) is 31.1. The first-order valence-electron chi connectivity index (χ1n) is 15.0. The molecule has 0 radical (unpaired) electrons. The molecule has 3 heterocycles. The number of hydrogen-bond acceptors (Lipinski definition) is 7. The highest BCUT2D eigenvalue weighted by Gasteiger charge is 2.36. The topological polar surface area (TPSA) is 129 Å². The number of carboxylic acids is 1. The quantitative estimate of drug-likeness (QED) is 0.161. The maximum absolute atomic E-state index is 14.6. The molecular formula is C32H38F2N6O3S. The molecule has 1 aromatic heterocycles. The van der Waals surface area contributed by atoms with Crippen molar-refractivity contribution in [1.29, 1.82) is 0 Å². The lowest BCUT2D eigenvalue weighted by Gasteiger charge is -2.27. The molecule has 3 aromatic rings. The molecule has 1 saturated carbocycles. The second kappa shape index (κ2) is 12.4. The average molecular weight is 625 g/mol. The summed E-state index contributed by atoms with van der Waals surface area (Å²) < 4.78 is 45.1. The van der Waals surface area contributed by atoms with Crippen LogP contribution in [0.2, 0.25) is 0 Å². The zero-order valence-electron chi connectivity index (χ0n) is 24.7. The summed E-state index contributed by atoms with van der Waals surface area (Å²) in [5.41, 5.74) is 8.64. The minimum Gasteiger partial charge on any atom is -0.481 e. The number of nitrogen functional groups attached to an aromatic ring is 1. The molecule has 9 nitrogen and oxygen atoms in total. The number of carbonyl (C=O) groups is 1. The summed E-state index contributed by atoms with van der Waals surface area (Å²) >= 11 is 0. The van der Waals surface area contributed by atoms with Crippen LogP contribution in [-0.2, 0) is 22.3 Å². The number of aromatic nitrogens is 1. The van der Waals surface area contributed by atoms with E-state index in [0.717, 1.165) is 49.2 Å². The third-order valence-corrected chi connectivity index (χ3v) is 10.5. The Morgan fingerprint density at radius 1 is 1.20 bits per heavy atom. The Morgan fingerprint density at radius 2 is 2.00 bits per heavy atom. The van der Waals surface area contributed by atoms with Gasteiger partial charge in [-0.25, -0.2) is 28.1 Å². The van der Waals surface area contributed by atoms with Gasteiger partial charge in [-0.1, -0.05) is 24.3 Å². The number of hydrazine groups is 1. The van der Waals surface area contributed by atoms with Crippen molar-refractivity contribution in [2.75, 3.05) is 35.3 Å². The fraction of sp³-hybridized carbons (Fsp3) is 0.438. The summed E-state index contributed by atoms with van der Waals surface area (Å²) in [6, 6.07) is 12.5. The van der Waals surface area contributed by atoms with Gasteiger partial charge in [-0.3, -0.25) is 4.79 Å². The molecule has 3 aliphatic rings. The number of halogens is 2. The number of aliphatic carboxylic acids is 1. The first-order valence-corrected chi connectivity index (χ1v) is 16.1. The largest absolute Gasteiger partial charge is 0.481 e. The predicted molar refractivity (Wildman–Crippen MR) is 167 cm³/mol. The van der Waals surface area contributed by atoms with Gasteiger partial charge in [0.05, 0.1) is 22.7 Å². The summed E-state index contributed by atoms with van der Waals surface area (Å²) in [7, 11) is -1.47. The molecule has 0 bridgehead atoms. The van der Waals surface area contributed by atoms with Crippen molar-refractivity contribution in [1.82, 2.24) is 9.29 Å². The molecule has 3 atom stereocenters. The summed E-state index contributed by atoms with van der Waals surface area (Å²) in [6.07, 6.45) is 2.47. The highest BCUT2D eigenvalue weighted by molar-refractivity contribution is 7.82. The number of anilines is 3. The Kier molecular flexibility index (Phi) is 8.58. The SMILES string of the molecule is Cc1ccc(C(CC(=O)O)c2ccc(N(N)CC3CC3)c(N)c2C(F)F)cc1CN1C[C@H]2CCCN2c2ncccc2S1=O. The molecule has 44 heavy (non-hydrogen) atoms. The van der Waals surface area contributed by atoms with Gasteiger partial charge in [0.1, 0.15) is 16.8 Å². The van der Waals surface area contributed by atoms with Crippen LogP contribution in [0, 0.1) is 12.8 Å². The van der Waals surface area contributed by atoms with Crippen molar-refractivity contribution >= 4 is 34.1 Å². The Bertz CT molecular complexity index is 1590. The van der Waals surface area contributed by atoms with E-state index in [1.807, 2.05) is 29.4 Å². The van der Waals surface area contributed by atoms with Gasteiger partial charge in [0.2, 0.25) is 0 Å². The second-order valence-electron chi connectivity index (χ2n) is 12.1. The molecule has 0 spiro atoms. The number of pyridine rings is 1. The molecule has 5 N–H and O–H groups in total. The van der Waals surface area contributed by atoms with Gasteiger partial charge in [0.15, 0.2) is 0 Å². The van der Waals surface area contributed by atoms with Gasteiger partial charge in [-0.05, 0) is 79.0 Å². The fourth-order valence-corrected chi connectivity index (χ4v) is 7.93. The number of nitrogens with zero attached hydrogens (tertiary/aromatic N) is 4. The van der Waals surface area contributed by atoms with Crippen LogP contribution in [0.1, 0.15) is 72.3 Å². The number of hydrogen-bond donors (Lipinski definition) is 3. The number of aryl methyl sites for hydroxylation is 1. The third kappa shape index (κ3) is 6.02. The molecule has 2 unspecified atom stereocenters. The average Bonchev–Trinajstić information content (AvgIpc) is 3.71. The normalized spacial score (nSPS) is 20.7. The van der Waals surface area contributed by atoms with Crippen molar-refractivity contribution < 1.29 is 22.9 Å². The molecule has 2 aromatic carbocycles. The van der Waals surface area contributed by atoms with Crippen LogP contribution < -0.4 is 21.5 Å². The van der Waals surface area contributed by atoms with Crippen LogP contribution in [0.4, 0.5) is 26.0 Å². The van der Waals surface area contributed by atoms with E-state index >= 15 is 0 Å². The van der Waals surface area contributed by atoms with Crippen LogP contribution in [0.5, 0.6) is 0 Å². The summed E-state index contributed by atoms with van der Waals surface area (Å²) in [5.74, 6) is 5.39. The van der Waals surface area contributed by atoms with E-state index in [2.05, 4.69) is 9.88 Å². The Hall–Kier alpha value is -3.61. The van der Waals surface area contributed by atoms with Crippen LogP contribution in [-0.4, -0.2) is 50.3 Å². The lowest BCUT2D eigenvalue weighted by molar-refractivity contribution is -0.137. The van der Waals surface area contributed by atoms with Gasteiger partial charge >= 0.3 is 5.97 Å². The molecule has 234 valence electrons. The minimum absolute atomic E-state index is 0.128. The molecule has 6 rings (SSSR count). The summed E-state index contributed by atoms with van der Waals surface area (Å²) in [6.45, 7) is 4.24. The van der Waals surface area contributed by atoms with Gasteiger partial charge in [-0.2, -0.15) is 0 Å². The molecule has 2 aliphatic heterocycles. The Balaban J connectivity index is 1.36. The van der Waals surface area contributed by atoms with Crippen LogP contribution in [0.15, 0.2) is 53.6 Å². The summed E-state index contributed by atoms with van der Waals surface area (Å²) in [4.78, 5) is 19.6. The van der Waals surface area contributed by atoms with Crippen LogP contribution >= 0.6 is 0 Å². The molecule has 2 fully saturated rings. The number of fused-ring (bicyclic) bond motifs is 3. The molecular weight excluding hydrogens is 586 g/mol. The predicted octanol–water partition coefficient (Wildman–Crippen LogP) is 5.11. The van der Waals surface area contributed by atoms with Crippen molar-refractivity contribution in [3.63, 3.8) is 0 Å². The van der Waals surface area contributed by atoms with Gasteiger partial charge in [-0.15, -0.1) is 0 Å². The lowest BCUT2D eigenvalue weighted by atomic mass is 9.83. The van der Waals surface area contributed by atoms with Gasteiger partial charge < -0.3 is 20.7 Å². The van der Waals surface area contributed by atoms with Crippen LogP contribution in [0.25, 0.3) is 0 Å². The number of carboxylic acid groups (broad SMARTS) is 1. The van der Waals surface area contributed by atoms with E-state index in [1.54, 1.807) is 24.4 Å². The molecule has 12 heteroatoms. The minimum atomic E-state index is -2.93. The van der Waals surface area contributed by atoms with E-state index in [-0.39, 0.29) is 22.9 Å². The highest BCUT2D eigenvalue weighted by atomic mass is 32.2. The van der Waals surface area contributed by atoms with Crippen molar-refractivity contribution in [2.24, 2.45) is 11.8 Å². The van der Waals surface area contributed by atoms with E-state index in [0.29, 0.717) is 41.7 Å².